The monoisotopic (exact) mass is 978 g/mol. The Balaban J connectivity index is 0.705. The molecule has 2 atom stereocenters. The van der Waals surface area contributed by atoms with Crippen LogP contribution >= 0.6 is 0 Å². The van der Waals surface area contributed by atoms with Gasteiger partial charge in [0.05, 0.1) is 40.9 Å². The second-order valence-corrected chi connectivity index (χ2v) is 22.9. The summed E-state index contributed by atoms with van der Waals surface area (Å²) >= 11 is 0. The molecule has 15 heteroatoms. The first kappa shape index (κ1) is 47.2. The quantitative estimate of drug-likeness (QED) is 0.142. The van der Waals surface area contributed by atoms with Crippen LogP contribution < -0.4 is 20.3 Å². The number of nitrogens with zero attached hydrogens (tertiary/aromatic N) is 7. The smallest absolute Gasteiger partial charge is 0.238 e. The molecule has 4 aromatic rings. The van der Waals surface area contributed by atoms with Crippen molar-refractivity contribution >= 4 is 52.1 Å². The number of amides is 5. The number of aromatic nitrogens is 3. The maximum Gasteiger partial charge on any atom is 0.238 e. The molecule has 3 aliphatic carbocycles. The first-order valence-electron chi connectivity index (χ1n) is 27.5. The number of fused-ring (bicyclic) bond motifs is 3. The van der Waals surface area contributed by atoms with Crippen molar-refractivity contribution in [3.63, 3.8) is 0 Å². The number of pyridine rings is 1. The standard InChI is InChI=1S/C57H71N9O6/c1-35(2)65-34-58-48-32-47(60-52(51(48)65)59-40-13-14-40)38-12-20-46-49(29-38)66(42-30-41(31-42)62-24-4-3-5-25-62)56(71)57(46)22-27-63(28-23-57)55(70)39-7-6-26-64(33-39)54(69)37-10-17-44(18-11-37)72-43-15-8-36(9-16-43)45-19-21-50(67)61-53(45)68/h8-9,12,15-16,20,29,32,34-35,37,39-42,44-45H,3-7,10-11,13-14,17-19,21-28,30-31,33H2,1-2H3,(H,59,60)(H,61,67,68)/t37?,39-,41?,42?,44?,45?/m1/s1. The summed E-state index contributed by atoms with van der Waals surface area (Å²) in [7, 11) is 0. The maximum atomic E-state index is 15.3. The van der Waals surface area contributed by atoms with Crippen LogP contribution in [0.15, 0.2) is 54.9 Å². The van der Waals surface area contributed by atoms with Crippen LogP contribution in [0.4, 0.5) is 11.5 Å². The van der Waals surface area contributed by atoms with Gasteiger partial charge in [0.15, 0.2) is 5.82 Å². The second kappa shape index (κ2) is 19.2. The number of ether oxygens (including phenoxy) is 1. The third kappa shape index (κ3) is 8.84. The van der Waals surface area contributed by atoms with Gasteiger partial charge in [0.1, 0.15) is 11.3 Å². The molecule has 380 valence electrons. The Kier molecular flexibility index (Phi) is 12.6. The van der Waals surface area contributed by atoms with Crippen molar-refractivity contribution in [1.82, 2.24) is 34.6 Å². The van der Waals surface area contributed by atoms with Gasteiger partial charge in [-0.15, -0.1) is 0 Å². The number of rotatable bonds is 11. The van der Waals surface area contributed by atoms with Crippen molar-refractivity contribution in [2.45, 2.75) is 165 Å². The van der Waals surface area contributed by atoms with Crippen molar-refractivity contribution in [1.29, 1.82) is 0 Å². The Labute approximate surface area is 422 Å². The first-order chi connectivity index (χ1) is 35.0. The Hall–Kier alpha value is -5.83. The number of likely N-dealkylation sites (tertiary alicyclic amines) is 3. The molecule has 7 heterocycles. The highest BCUT2D eigenvalue weighted by Gasteiger charge is 2.56. The lowest BCUT2D eigenvalue weighted by molar-refractivity contribution is -0.145. The van der Waals surface area contributed by atoms with Gasteiger partial charge < -0.3 is 34.2 Å². The minimum atomic E-state index is -0.691. The van der Waals surface area contributed by atoms with Crippen LogP contribution in [-0.2, 0) is 29.4 Å². The van der Waals surface area contributed by atoms with Gasteiger partial charge in [-0.2, -0.15) is 0 Å². The van der Waals surface area contributed by atoms with Crippen molar-refractivity contribution in [2.24, 2.45) is 11.8 Å². The topological polar surface area (TPSA) is 162 Å². The fraction of sp³-hybridized carbons (Fsp3) is 0.596. The van der Waals surface area contributed by atoms with E-state index in [-0.39, 0.29) is 65.5 Å². The van der Waals surface area contributed by atoms with Crippen LogP contribution in [0.1, 0.15) is 146 Å². The van der Waals surface area contributed by atoms with E-state index in [1.165, 1.54) is 19.3 Å². The molecule has 3 saturated carbocycles. The number of nitrogens with one attached hydrogen (secondary N) is 2. The minimum Gasteiger partial charge on any atom is -0.490 e. The Bertz CT molecular complexity index is 2740. The lowest BCUT2D eigenvalue weighted by Crippen LogP contribution is -2.58. The number of hydrogen-bond donors (Lipinski definition) is 2. The lowest BCUT2D eigenvalue weighted by atomic mass is 9.73. The Morgan fingerprint density at radius 1 is 0.778 bits per heavy atom. The number of benzene rings is 2. The third-order valence-electron chi connectivity index (χ3n) is 17.9. The summed E-state index contributed by atoms with van der Waals surface area (Å²) in [6.07, 6.45) is 16.6. The predicted molar refractivity (Wildman–Crippen MR) is 274 cm³/mol. The number of anilines is 2. The second-order valence-electron chi connectivity index (χ2n) is 22.9. The van der Waals surface area contributed by atoms with Crippen LogP contribution in [0, 0.1) is 11.8 Å². The largest absolute Gasteiger partial charge is 0.490 e. The van der Waals surface area contributed by atoms with Crippen LogP contribution in [0.2, 0.25) is 0 Å². The Morgan fingerprint density at radius 3 is 2.25 bits per heavy atom. The van der Waals surface area contributed by atoms with Gasteiger partial charge in [0, 0.05) is 73.9 Å². The molecule has 2 aromatic heterocycles. The molecule has 4 saturated heterocycles. The third-order valence-corrected chi connectivity index (χ3v) is 17.9. The maximum absolute atomic E-state index is 15.3. The van der Waals surface area contributed by atoms with E-state index < -0.39 is 5.41 Å². The summed E-state index contributed by atoms with van der Waals surface area (Å²) in [6.45, 7) is 8.79. The van der Waals surface area contributed by atoms with E-state index in [1.54, 1.807) is 0 Å². The minimum absolute atomic E-state index is 0.00186. The van der Waals surface area contributed by atoms with Gasteiger partial charge in [0.25, 0.3) is 0 Å². The highest BCUT2D eigenvalue weighted by Crippen LogP contribution is 2.52. The zero-order valence-corrected chi connectivity index (χ0v) is 42.2. The summed E-state index contributed by atoms with van der Waals surface area (Å²) in [5, 5.41) is 6.14. The van der Waals surface area contributed by atoms with Crippen molar-refractivity contribution in [3.8, 4) is 17.0 Å². The number of carbonyl (C=O) groups is 5. The van der Waals surface area contributed by atoms with E-state index in [0.29, 0.717) is 63.9 Å². The van der Waals surface area contributed by atoms with Crippen molar-refractivity contribution < 1.29 is 28.7 Å². The molecule has 12 rings (SSSR count). The molecule has 15 nitrogen and oxygen atoms in total. The number of imidazole rings is 1. The van der Waals surface area contributed by atoms with Crippen LogP contribution in [-0.4, -0.2) is 122 Å². The molecule has 0 bridgehead atoms. The zero-order chi connectivity index (χ0) is 49.3. The van der Waals surface area contributed by atoms with Gasteiger partial charge in [-0.1, -0.05) is 30.7 Å². The molecule has 2 N–H and O–H groups in total. The van der Waals surface area contributed by atoms with Gasteiger partial charge in [-0.3, -0.25) is 29.3 Å². The van der Waals surface area contributed by atoms with E-state index in [0.717, 1.165) is 128 Å². The number of hydrogen-bond acceptors (Lipinski definition) is 10. The summed E-state index contributed by atoms with van der Waals surface area (Å²) in [4.78, 5) is 86.6. The van der Waals surface area contributed by atoms with E-state index in [2.05, 4.69) is 63.1 Å². The highest BCUT2D eigenvalue weighted by molar-refractivity contribution is 6.09. The lowest BCUT2D eigenvalue weighted by Gasteiger charge is -2.48. The number of piperidine rings is 4. The zero-order valence-electron chi connectivity index (χ0n) is 42.2. The first-order valence-corrected chi connectivity index (χ1v) is 27.5. The van der Waals surface area contributed by atoms with E-state index in [9.17, 15) is 19.2 Å². The van der Waals surface area contributed by atoms with Gasteiger partial charge in [-0.05, 0) is 159 Å². The van der Waals surface area contributed by atoms with Crippen LogP contribution in [0.25, 0.3) is 22.3 Å². The summed E-state index contributed by atoms with van der Waals surface area (Å²) in [6, 6.07) is 17.6. The average molecular weight is 978 g/mol. The molecule has 5 amide bonds. The van der Waals surface area contributed by atoms with Crippen molar-refractivity contribution in [3.05, 3.63) is 66.0 Å². The molecule has 72 heavy (non-hydrogen) atoms. The summed E-state index contributed by atoms with van der Waals surface area (Å²) in [5.41, 5.74) is 6.06. The van der Waals surface area contributed by atoms with Gasteiger partial charge in [-0.25, -0.2) is 9.97 Å². The molecule has 0 radical (unpaired) electrons. The molecule has 1 spiro atoms. The number of carbonyl (C=O) groups excluding carboxylic acids is 5. The molecular formula is C57H71N9O6. The average Bonchev–Trinajstić information content (AvgIpc) is 4.05. The van der Waals surface area contributed by atoms with Gasteiger partial charge in [0.2, 0.25) is 29.5 Å². The summed E-state index contributed by atoms with van der Waals surface area (Å²) < 4.78 is 8.54. The number of imide groups is 1. The van der Waals surface area contributed by atoms with Crippen LogP contribution in [0.5, 0.6) is 5.75 Å². The van der Waals surface area contributed by atoms with Crippen LogP contribution in [0.3, 0.4) is 0 Å². The fourth-order valence-corrected chi connectivity index (χ4v) is 13.5. The highest BCUT2D eigenvalue weighted by atomic mass is 16.5. The molecule has 5 aliphatic heterocycles. The van der Waals surface area contributed by atoms with E-state index in [1.807, 2.05) is 40.4 Å². The molecular weight excluding hydrogens is 907 g/mol. The van der Waals surface area contributed by atoms with Crippen molar-refractivity contribution in [2.75, 3.05) is 49.5 Å². The summed E-state index contributed by atoms with van der Waals surface area (Å²) in [5.74, 6) is 0.928. The normalized spacial score (nSPS) is 27.8. The van der Waals surface area contributed by atoms with Gasteiger partial charge >= 0.3 is 0 Å². The van der Waals surface area contributed by atoms with E-state index in [4.69, 9.17) is 14.7 Å². The fourth-order valence-electron chi connectivity index (χ4n) is 13.5. The molecule has 1 unspecified atom stereocenters. The Morgan fingerprint density at radius 2 is 1.53 bits per heavy atom. The van der Waals surface area contributed by atoms with E-state index >= 15 is 4.79 Å². The predicted octanol–water partition coefficient (Wildman–Crippen LogP) is 7.87. The molecule has 2 aromatic carbocycles. The SMILES string of the molecule is CC(C)n1cnc2cc(-c3ccc4c(c3)N(C3CC(N5CCCCC5)C3)C(=O)C43CCN(C(=O)[C@@H]4CCCN(C(=O)C5CCC(Oc6ccc(C7CCC(=O)NC7=O)cc6)CC5)C4)CC3)nc(NC3CC3)c21. The molecule has 7 fully saturated rings. The molecule has 8 aliphatic rings.